The monoisotopic (exact) mass is 317 g/mol. The molecule has 0 fully saturated rings. The van der Waals surface area contributed by atoms with Crippen molar-refractivity contribution in [2.75, 3.05) is 0 Å². The standard InChI is InChI=1S/C11H19N5O6/c1-4(17)7(12)9-14-6(22-16-9)3-13-11(21)15-8(5(2)18)10(19)20/h4-5,7-8,17-18H,3,12H2,1-2H3,(H,19,20)(H2,13,15,21)/t4?,5?,7-,8-/m0/s1. The summed E-state index contributed by atoms with van der Waals surface area (Å²) in [7, 11) is 0. The van der Waals surface area contributed by atoms with Crippen molar-refractivity contribution in [1.29, 1.82) is 0 Å². The third-order valence-corrected chi connectivity index (χ3v) is 2.74. The van der Waals surface area contributed by atoms with E-state index in [2.05, 4.69) is 20.8 Å². The van der Waals surface area contributed by atoms with Crippen molar-refractivity contribution in [2.24, 2.45) is 5.73 Å². The highest BCUT2D eigenvalue weighted by molar-refractivity contribution is 5.82. The molecule has 11 nitrogen and oxygen atoms in total. The number of nitrogens with one attached hydrogen (secondary N) is 2. The highest BCUT2D eigenvalue weighted by Crippen LogP contribution is 2.10. The third kappa shape index (κ3) is 4.95. The van der Waals surface area contributed by atoms with E-state index in [0.717, 1.165) is 0 Å². The van der Waals surface area contributed by atoms with Gasteiger partial charge in [-0.05, 0) is 13.8 Å². The Bertz CT molecular complexity index is 517. The number of hydrogen-bond acceptors (Lipinski definition) is 8. The van der Waals surface area contributed by atoms with Gasteiger partial charge in [0.15, 0.2) is 11.9 Å². The summed E-state index contributed by atoms with van der Waals surface area (Å²) in [4.78, 5) is 26.2. The first-order valence-corrected chi connectivity index (χ1v) is 6.43. The molecule has 0 aliphatic heterocycles. The van der Waals surface area contributed by atoms with E-state index < -0.39 is 36.3 Å². The zero-order valence-electron chi connectivity index (χ0n) is 12.1. The minimum absolute atomic E-state index is 0.0326. The van der Waals surface area contributed by atoms with Crippen LogP contribution in [0.15, 0.2) is 4.52 Å². The molecule has 0 aliphatic rings. The lowest BCUT2D eigenvalue weighted by atomic mass is 10.2. The zero-order valence-corrected chi connectivity index (χ0v) is 12.1. The molecule has 0 saturated carbocycles. The average molecular weight is 317 g/mol. The number of nitrogens with two attached hydrogens (primary N) is 1. The lowest BCUT2D eigenvalue weighted by Crippen LogP contribution is -2.51. The molecule has 1 heterocycles. The van der Waals surface area contributed by atoms with Crippen molar-refractivity contribution in [3.63, 3.8) is 0 Å². The largest absolute Gasteiger partial charge is 0.480 e. The van der Waals surface area contributed by atoms with Gasteiger partial charge in [0.05, 0.1) is 24.8 Å². The number of carboxylic acids is 1. The fraction of sp³-hybridized carbons (Fsp3) is 0.636. The van der Waals surface area contributed by atoms with E-state index in [1.54, 1.807) is 0 Å². The summed E-state index contributed by atoms with van der Waals surface area (Å²) in [6.07, 6.45) is -2.13. The number of carboxylic acid groups (broad SMARTS) is 1. The fourth-order valence-electron chi connectivity index (χ4n) is 1.43. The maximum atomic E-state index is 11.5. The van der Waals surface area contributed by atoms with Gasteiger partial charge in [0.1, 0.15) is 0 Å². The molecule has 0 bridgehead atoms. The Hall–Kier alpha value is -2.24. The van der Waals surface area contributed by atoms with E-state index in [9.17, 15) is 19.8 Å². The summed E-state index contributed by atoms with van der Waals surface area (Å²) >= 11 is 0. The highest BCUT2D eigenvalue weighted by Gasteiger charge is 2.25. The molecule has 2 unspecified atom stereocenters. The van der Waals surface area contributed by atoms with Crippen molar-refractivity contribution < 1.29 is 29.4 Å². The van der Waals surface area contributed by atoms with E-state index >= 15 is 0 Å². The zero-order chi connectivity index (χ0) is 16.9. The van der Waals surface area contributed by atoms with Gasteiger partial charge in [0, 0.05) is 0 Å². The third-order valence-electron chi connectivity index (χ3n) is 2.74. The average Bonchev–Trinajstić information content (AvgIpc) is 2.89. The van der Waals surface area contributed by atoms with Crippen LogP contribution in [0.1, 0.15) is 31.6 Å². The van der Waals surface area contributed by atoms with Crippen LogP contribution in [-0.4, -0.2) is 55.7 Å². The van der Waals surface area contributed by atoms with Crippen LogP contribution in [0.5, 0.6) is 0 Å². The Morgan fingerprint density at radius 3 is 2.45 bits per heavy atom. The van der Waals surface area contributed by atoms with E-state index in [0.29, 0.717) is 0 Å². The van der Waals surface area contributed by atoms with Gasteiger partial charge in [-0.3, -0.25) is 0 Å². The van der Waals surface area contributed by atoms with Crippen molar-refractivity contribution in [2.45, 2.75) is 44.7 Å². The number of nitrogens with zero attached hydrogens (tertiary/aromatic N) is 2. The van der Waals surface area contributed by atoms with Crippen LogP contribution in [0.2, 0.25) is 0 Å². The molecule has 124 valence electrons. The van der Waals surface area contributed by atoms with Gasteiger partial charge in [0.2, 0.25) is 5.89 Å². The molecule has 0 spiro atoms. The molecular formula is C11H19N5O6. The summed E-state index contributed by atoms with van der Waals surface area (Å²) < 4.78 is 4.83. The molecule has 0 saturated heterocycles. The van der Waals surface area contributed by atoms with Crippen LogP contribution in [0, 0.1) is 0 Å². The summed E-state index contributed by atoms with van der Waals surface area (Å²) in [5.74, 6) is -1.25. The number of aromatic nitrogens is 2. The summed E-state index contributed by atoms with van der Waals surface area (Å²) in [6, 6.07) is -3.09. The Kier molecular flexibility index (Phi) is 6.22. The van der Waals surface area contributed by atoms with E-state index in [4.69, 9.17) is 15.4 Å². The quantitative estimate of drug-likeness (QED) is 0.333. The lowest BCUT2D eigenvalue weighted by molar-refractivity contribution is -0.141. The molecule has 2 amide bonds. The van der Waals surface area contributed by atoms with Gasteiger partial charge in [-0.15, -0.1) is 0 Å². The number of carbonyl (C=O) groups is 2. The Balaban J connectivity index is 2.52. The van der Waals surface area contributed by atoms with Crippen molar-refractivity contribution in [3.8, 4) is 0 Å². The van der Waals surface area contributed by atoms with Crippen LogP contribution >= 0.6 is 0 Å². The fourth-order valence-corrected chi connectivity index (χ4v) is 1.43. The number of carbonyl (C=O) groups excluding carboxylic acids is 1. The van der Waals surface area contributed by atoms with Gasteiger partial charge in [0.25, 0.3) is 0 Å². The molecule has 0 aliphatic carbocycles. The Labute approximate surface area is 125 Å². The number of hydrogen-bond donors (Lipinski definition) is 6. The van der Waals surface area contributed by atoms with Gasteiger partial charge in [-0.1, -0.05) is 5.16 Å². The van der Waals surface area contributed by atoms with Gasteiger partial charge >= 0.3 is 12.0 Å². The van der Waals surface area contributed by atoms with E-state index in [-0.39, 0.29) is 18.3 Å². The molecule has 1 aromatic heterocycles. The maximum Gasteiger partial charge on any atom is 0.328 e. The van der Waals surface area contributed by atoms with Crippen molar-refractivity contribution in [3.05, 3.63) is 11.7 Å². The van der Waals surface area contributed by atoms with Crippen molar-refractivity contribution in [1.82, 2.24) is 20.8 Å². The number of aliphatic carboxylic acids is 1. The molecule has 7 N–H and O–H groups in total. The number of amides is 2. The number of aliphatic hydroxyl groups is 2. The lowest BCUT2D eigenvalue weighted by Gasteiger charge is -2.16. The van der Waals surface area contributed by atoms with E-state index in [1.165, 1.54) is 13.8 Å². The molecule has 4 atom stereocenters. The van der Waals surface area contributed by atoms with Gasteiger partial charge in [-0.25, -0.2) is 9.59 Å². The molecule has 11 heteroatoms. The highest BCUT2D eigenvalue weighted by atomic mass is 16.5. The second-order valence-corrected chi connectivity index (χ2v) is 4.70. The van der Waals surface area contributed by atoms with Crippen LogP contribution in [0.25, 0.3) is 0 Å². The van der Waals surface area contributed by atoms with Gasteiger partial charge < -0.3 is 36.2 Å². The topological polar surface area (TPSA) is 184 Å². The smallest absolute Gasteiger partial charge is 0.328 e. The van der Waals surface area contributed by atoms with Crippen LogP contribution in [-0.2, 0) is 11.3 Å². The second kappa shape index (κ2) is 7.68. The van der Waals surface area contributed by atoms with E-state index in [1.807, 2.05) is 0 Å². The molecule has 0 aromatic carbocycles. The predicted octanol–water partition coefficient (Wildman–Crippen LogP) is -1.92. The van der Waals surface area contributed by atoms with Crippen LogP contribution in [0.4, 0.5) is 4.79 Å². The minimum atomic E-state index is -1.44. The second-order valence-electron chi connectivity index (χ2n) is 4.70. The Morgan fingerprint density at radius 2 is 1.95 bits per heavy atom. The minimum Gasteiger partial charge on any atom is -0.480 e. The Morgan fingerprint density at radius 1 is 1.32 bits per heavy atom. The first kappa shape index (κ1) is 17.8. The summed E-state index contributed by atoms with van der Waals surface area (Å²) in [5.41, 5.74) is 5.61. The molecule has 0 radical (unpaired) electrons. The van der Waals surface area contributed by atoms with Gasteiger partial charge in [-0.2, -0.15) is 4.98 Å². The molecular weight excluding hydrogens is 298 g/mol. The van der Waals surface area contributed by atoms with Crippen LogP contribution in [0.3, 0.4) is 0 Å². The SMILES string of the molecule is CC(O)[C@H](NC(=O)NCc1nc([C@@H](N)C(C)O)no1)C(=O)O. The molecule has 1 rings (SSSR count). The first-order valence-electron chi connectivity index (χ1n) is 6.43. The maximum absolute atomic E-state index is 11.5. The van der Waals surface area contributed by atoms with Crippen molar-refractivity contribution >= 4 is 12.0 Å². The number of rotatable bonds is 7. The summed E-state index contributed by atoms with van der Waals surface area (Å²) in [5, 5.41) is 35.3. The first-order chi connectivity index (χ1) is 10.2. The van der Waals surface area contributed by atoms with Crippen LogP contribution < -0.4 is 16.4 Å². The summed E-state index contributed by atoms with van der Waals surface area (Å²) in [6.45, 7) is 2.53. The predicted molar refractivity (Wildman–Crippen MR) is 71.4 cm³/mol. The normalized spacial score (nSPS) is 16.4. The molecule has 1 aromatic rings. The number of aliphatic hydroxyl groups excluding tert-OH is 2. The molecule has 22 heavy (non-hydrogen) atoms. The number of urea groups is 1.